The maximum atomic E-state index is 4.69. The Bertz CT molecular complexity index is 828. The Labute approximate surface area is 132 Å². The Morgan fingerprint density at radius 2 is 1.76 bits per heavy atom. The Balaban J connectivity index is 2.23. The average molecular weight is 342 g/mol. The SMILES string of the molecule is CNc1nc(-c2ccc(C)c(C)c2)nc2ccc(Br)cc12. The number of rotatable bonds is 2. The van der Waals surface area contributed by atoms with Gasteiger partial charge in [-0.3, -0.25) is 0 Å². The zero-order valence-electron chi connectivity index (χ0n) is 12.2. The highest BCUT2D eigenvalue weighted by Crippen LogP contribution is 2.27. The lowest BCUT2D eigenvalue weighted by atomic mass is 10.1. The second kappa shape index (κ2) is 5.45. The summed E-state index contributed by atoms with van der Waals surface area (Å²) in [5.74, 6) is 1.59. The van der Waals surface area contributed by atoms with Gasteiger partial charge >= 0.3 is 0 Å². The molecule has 0 aliphatic rings. The fourth-order valence-corrected chi connectivity index (χ4v) is 2.66. The third kappa shape index (κ3) is 2.63. The number of nitrogens with zero attached hydrogens (tertiary/aromatic N) is 2. The number of hydrogen-bond acceptors (Lipinski definition) is 3. The van der Waals surface area contributed by atoms with Gasteiger partial charge in [0.25, 0.3) is 0 Å². The minimum absolute atomic E-state index is 0.747. The molecule has 1 heterocycles. The minimum atomic E-state index is 0.747. The number of nitrogens with one attached hydrogen (secondary N) is 1. The summed E-state index contributed by atoms with van der Waals surface area (Å²) in [6, 6.07) is 12.4. The zero-order chi connectivity index (χ0) is 15.0. The van der Waals surface area contributed by atoms with Crippen molar-refractivity contribution in [2.45, 2.75) is 13.8 Å². The predicted molar refractivity (Wildman–Crippen MR) is 91.7 cm³/mol. The van der Waals surface area contributed by atoms with Crippen LogP contribution in [0.4, 0.5) is 5.82 Å². The molecular weight excluding hydrogens is 326 g/mol. The molecule has 4 heteroatoms. The van der Waals surface area contributed by atoms with E-state index in [0.29, 0.717) is 0 Å². The first-order chi connectivity index (χ1) is 10.1. The second-order valence-corrected chi connectivity index (χ2v) is 6.02. The first kappa shape index (κ1) is 14.0. The van der Waals surface area contributed by atoms with Gasteiger partial charge in [-0.25, -0.2) is 9.97 Å². The maximum Gasteiger partial charge on any atom is 0.162 e. The van der Waals surface area contributed by atoms with Crippen LogP contribution in [-0.2, 0) is 0 Å². The summed E-state index contributed by atoms with van der Waals surface area (Å²) >= 11 is 3.49. The van der Waals surface area contributed by atoms with E-state index in [1.54, 1.807) is 0 Å². The smallest absolute Gasteiger partial charge is 0.162 e. The lowest BCUT2D eigenvalue weighted by molar-refractivity contribution is 1.20. The standard InChI is InChI=1S/C17H16BrN3/c1-10-4-5-12(8-11(10)2)16-20-15-7-6-13(18)9-14(15)17(19-3)21-16/h4-9H,1-3H3,(H,19,20,21). The van der Waals surface area contributed by atoms with E-state index in [0.717, 1.165) is 32.6 Å². The van der Waals surface area contributed by atoms with Crippen molar-refractivity contribution in [3.8, 4) is 11.4 Å². The highest BCUT2D eigenvalue weighted by atomic mass is 79.9. The van der Waals surface area contributed by atoms with Gasteiger partial charge in [-0.15, -0.1) is 0 Å². The molecule has 0 bridgehead atoms. The lowest BCUT2D eigenvalue weighted by Crippen LogP contribution is -1.99. The largest absolute Gasteiger partial charge is 0.373 e. The number of fused-ring (bicyclic) bond motifs is 1. The molecule has 106 valence electrons. The van der Waals surface area contributed by atoms with Crippen molar-refractivity contribution in [2.24, 2.45) is 0 Å². The van der Waals surface area contributed by atoms with Crippen LogP contribution in [0.2, 0.25) is 0 Å². The van der Waals surface area contributed by atoms with Crippen LogP contribution in [0.5, 0.6) is 0 Å². The molecule has 0 unspecified atom stereocenters. The van der Waals surface area contributed by atoms with Crippen LogP contribution in [0, 0.1) is 13.8 Å². The molecule has 0 atom stereocenters. The molecule has 2 aromatic carbocycles. The highest BCUT2D eigenvalue weighted by molar-refractivity contribution is 9.10. The monoisotopic (exact) mass is 341 g/mol. The number of aryl methyl sites for hydroxylation is 2. The van der Waals surface area contributed by atoms with E-state index in [9.17, 15) is 0 Å². The van der Waals surface area contributed by atoms with Crippen molar-refractivity contribution < 1.29 is 0 Å². The summed E-state index contributed by atoms with van der Waals surface area (Å²) < 4.78 is 1.02. The van der Waals surface area contributed by atoms with Gasteiger partial charge < -0.3 is 5.32 Å². The molecule has 21 heavy (non-hydrogen) atoms. The summed E-state index contributed by atoms with van der Waals surface area (Å²) in [6.45, 7) is 4.22. The number of halogens is 1. The van der Waals surface area contributed by atoms with E-state index in [1.165, 1.54) is 11.1 Å². The molecule has 3 aromatic rings. The van der Waals surface area contributed by atoms with E-state index in [4.69, 9.17) is 4.98 Å². The van der Waals surface area contributed by atoms with Crippen LogP contribution < -0.4 is 5.32 Å². The fourth-order valence-electron chi connectivity index (χ4n) is 2.30. The number of hydrogen-bond donors (Lipinski definition) is 1. The molecule has 3 nitrogen and oxygen atoms in total. The molecule has 1 N–H and O–H groups in total. The number of aromatic nitrogens is 2. The summed E-state index contributed by atoms with van der Waals surface area (Å²) in [6.07, 6.45) is 0. The van der Waals surface area contributed by atoms with E-state index in [1.807, 2.05) is 25.2 Å². The molecule has 0 aliphatic heterocycles. The van der Waals surface area contributed by atoms with Crippen molar-refractivity contribution in [1.82, 2.24) is 9.97 Å². The first-order valence-corrected chi connectivity index (χ1v) is 7.60. The van der Waals surface area contributed by atoms with Crippen LogP contribution >= 0.6 is 15.9 Å². The Morgan fingerprint density at radius 3 is 2.48 bits per heavy atom. The van der Waals surface area contributed by atoms with Crippen molar-refractivity contribution in [3.05, 3.63) is 52.0 Å². The topological polar surface area (TPSA) is 37.8 Å². The summed E-state index contributed by atoms with van der Waals surface area (Å²) in [5, 5.41) is 4.17. The first-order valence-electron chi connectivity index (χ1n) is 6.81. The molecule has 0 amide bonds. The van der Waals surface area contributed by atoms with Gasteiger partial charge in [0, 0.05) is 22.5 Å². The zero-order valence-corrected chi connectivity index (χ0v) is 13.8. The summed E-state index contributed by atoms with van der Waals surface area (Å²) in [5.41, 5.74) is 4.50. The van der Waals surface area contributed by atoms with Gasteiger partial charge in [0.2, 0.25) is 0 Å². The Morgan fingerprint density at radius 1 is 0.952 bits per heavy atom. The van der Waals surface area contributed by atoms with Crippen LogP contribution in [-0.4, -0.2) is 17.0 Å². The predicted octanol–water partition coefficient (Wildman–Crippen LogP) is 4.72. The quantitative estimate of drug-likeness (QED) is 0.732. The molecule has 0 radical (unpaired) electrons. The normalized spacial score (nSPS) is 10.9. The van der Waals surface area contributed by atoms with Gasteiger partial charge in [0.05, 0.1) is 5.52 Å². The molecule has 0 aliphatic carbocycles. The average Bonchev–Trinajstić information content (AvgIpc) is 2.49. The molecule has 0 fully saturated rings. The Hall–Kier alpha value is -1.94. The molecule has 1 aromatic heterocycles. The molecule has 0 saturated carbocycles. The van der Waals surface area contributed by atoms with Gasteiger partial charge in [-0.1, -0.05) is 28.1 Å². The van der Waals surface area contributed by atoms with Crippen molar-refractivity contribution >= 4 is 32.7 Å². The summed E-state index contributed by atoms with van der Waals surface area (Å²) in [4.78, 5) is 9.35. The van der Waals surface area contributed by atoms with E-state index < -0.39 is 0 Å². The van der Waals surface area contributed by atoms with E-state index >= 15 is 0 Å². The minimum Gasteiger partial charge on any atom is -0.373 e. The number of anilines is 1. The molecular formula is C17H16BrN3. The van der Waals surface area contributed by atoms with E-state index in [-0.39, 0.29) is 0 Å². The molecule has 3 rings (SSSR count). The van der Waals surface area contributed by atoms with Gasteiger partial charge in [0.1, 0.15) is 5.82 Å². The second-order valence-electron chi connectivity index (χ2n) is 5.11. The number of benzene rings is 2. The van der Waals surface area contributed by atoms with E-state index in [2.05, 4.69) is 58.3 Å². The molecule has 0 saturated heterocycles. The highest BCUT2D eigenvalue weighted by Gasteiger charge is 2.09. The Kier molecular flexibility index (Phi) is 3.64. The van der Waals surface area contributed by atoms with Crippen LogP contribution in [0.1, 0.15) is 11.1 Å². The maximum absolute atomic E-state index is 4.69. The van der Waals surface area contributed by atoms with Crippen molar-refractivity contribution in [1.29, 1.82) is 0 Å². The van der Waals surface area contributed by atoms with Gasteiger partial charge in [-0.2, -0.15) is 0 Å². The van der Waals surface area contributed by atoms with Crippen LogP contribution in [0.25, 0.3) is 22.3 Å². The van der Waals surface area contributed by atoms with Gasteiger partial charge in [-0.05, 0) is 49.2 Å². The fraction of sp³-hybridized carbons (Fsp3) is 0.176. The van der Waals surface area contributed by atoms with Crippen molar-refractivity contribution in [2.75, 3.05) is 12.4 Å². The lowest BCUT2D eigenvalue weighted by Gasteiger charge is -2.10. The third-order valence-corrected chi connectivity index (χ3v) is 4.15. The van der Waals surface area contributed by atoms with Crippen molar-refractivity contribution in [3.63, 3.8) is 0 Å². The van der Waals surface area contributed by atoms with Crippen LogP contribution in [0.3, 0.4) is 0 Å². The third-order valence-electron chi connectivity index (χ3n) is 3.66. The molecule has 0 spiro atoms. The van der Waals surface area contributed by atoms with Crippen LogP contribution in [0.15, 0.2) is 40.9 Å². The van der Waals surface area contributed by atoms with Gasteiger partial charge in [0.15, 0.2) is 5.82 Å². The summed E-state index contributed by atoms with van der Waals surface area (Å²) in [7, 11) is 1.88.